The molecule has 444 valence electrons. The Kier molecular flexibility index (Phi) is 22.5. The van der Waals surface area contributed by atoms with Crippen LogP contribution in [0.4, 0.5) is 64.3 Å². The normalized spacial score (nSPS) is 12.2. The van der Waals surface area contributed by atoms with E-state index in [0.29, 0.717) is 40.3 Å². The minimum atomic E-state index is -4.73. The number of nitrogens with one attached hydrogen (secondary N) is 8. The van der Waals surface area contributed by atoms with Crippen molar-refractivity contribution >= 4 is 101 Å². The van der Waals surface area contributed by atoms with Crippen LogP contribution in [0.25, 0.3) is 0 Å². The van der Waals surface area contributed by atoms with Gasteiger partial charge in [0.2, 0.25) is 11.8 Å². The van der Waals surface area contributed by atoms with E-state index in [1.54, 1.807) is 0 Å². The number of carbonyl (C=O) groups is 4. The van der Waals surface area contributed by atoms with E-state index in [9.17, 15) is 88.7 Å². The molecule has 0 atom stereocenters. The minimum absolute atomic E-state index is 0.0136. The zero-order chi connectivity index (χ0) is 60.8. The molecular weight excluding hydrogens is 1250 g/mol. The number of hydrogen-bond donors (Lipinski definition) is 8. The van der Waals surface area contributed by atoms with E-state index in [-0.39, 0.29) is 87.5 Å². The lowest BCUT2D eigenvalue weighted by molar-refractivity contribution is -0.138. The molecule has 4 aromatic heterocycles. The monoisotopic (exact) mass is 1290 g/mol. The first kappa shape index (κ1) is 66.0. The molecule has 0 bridgehead atoms. The van der Waals surface area contributed by atoms with Crippen LogP contribution in [0.2, 0.25) is 10.0 Å². The summed E-state index contributed by atoms with van der Waals surface area (Å²) in [7, 11) is -8.39. The molecule has 18 nitrogen and oxygen atoms in total. The van der Waals surface area contributed by atoms with Crippen molar-refractivity contribution in [1.82, 2.24) is 41.1 Å². The fourth-order valence-electron chi connectivity index (χ4n) is 6.32. The molecule has 0 aliphatic rings. The van der Waals surface area contributed by atoms with E-state index in [1.807, 2.05) is 20.5 Å². The third-order valence-electron chi connectivity index (χ3n) is 10.3. The summed E-state index contributed by atoms with van der Waals surface area (Å²) in [6, 6.07) is 14.6. The molecule has 82 heavy (non-hydrogen) atoms. The Hall–Kier alpha value is -6.82. The van der Waals surface area contributed by atoms with E-state index < -0.39 is 96.2 Å². The van der Waals surface area contributed by atoms with Crippen molar-refractivity contribution in [2.24, 2.45) is 0 Å². The predicted molar refractivity (Wildman–Crippen MR) is 275 cm³/mol. The molecule has 0 saturated heterocycles. The number of halogens is 14. The number of rotatable bonds is 22. The number of hydrazine groups is 2. The lowest BCUT2D eigenvalue weighted by atomic mass is 10.1. The quantitative estimate of drug-likeness (QED) is 0.0179. The van der Waals surface area contributed by atoms with Gasteiger partial charge in [-0.05, 0) is 79.6 Å². The lowest BCUT2D eigenvalue weighted by Crippen LogP contribution is -2.41. The lowest BCUT2D eigenvalue weighted by Gasteiger charge is -2.12. The number of aromatic nitrogens is 2. The number of thiophene rings is 2. The fourth-order valence-corrected chi connectivity index (χ4v) is 11.1. The van der Waals surface area contributed by atoms with Gasteiger partial charge in [-0.2, -0.15) is 52.7 Å². The van der Waals surface area contributed by atoms with E-state index in [0.717, 1.165) is 53.0 Å². The first-order chi connectivity index (χ1) is 38.1. The second kappa shape index (κ2) is 28.0. The van der Waals surface area contributed by atoms with Crippen LogP contribution in [-0.4, -0.2) is 63.5 Å². The summed E-state index contributed by atoms with van der Waals surface area (Å²) in [6.45, 7) is -0.223. The minimum Gasteiger partial charge on any atom is -0.369 e. The predicted octanol–water partition coefficient (Wildman–Crippen LogP) is 9.93. The molecule has 2 aromatic carbocycles. The summed E-state index contributed by atoms with van der Waals surface area (Å²) in [6.07, 6.45) is -17.4. The van der Waals surface area contributed by atoms with E-state index in [1.165, 1.54) is 36.4 Å². The summed E-state index contributed by atoms with van der Waals surface area (Å²) in [5.74, 6) is -3.23. The molecule has 0 saturated carbocycles. The van der Waals surface area contributed by atoms with Gasteiger partial charge >= 0.3 is 24.7 Å². The Morgan fingerprint density at radius 3 is 1.38 bits per heavy atom. The van der Waals surface area contributed by atoms with Gasteiger partial charge < -0.3 is 21.3 Å². The van der Waals surface area contributed by atoms with E-state index in [2.05, 4.69) is 31.2 Å². The third kappa shape index (κ3) is 20.0. The Labute approximate surface area is 474 Å². The highest BCUT2D eigenvalue weighted by molar-refractivity contribution is 7.91. The summed E-state index contributed by atoms with van der Waals surface area (Å²) in [5, 5.41) is 9.56. The maximum absolute atomic E-state index is 13.1. The highest BCUT2D eigenvalue weighted by Crippen LogP contribution is 2.35. The molecule has 6 rings (SSSR count). The molecule has 0 radical (unpaired) electrons. The van der Waals surface area contributed by atoms with Crippen molar-refractivity contribution in [1.29, 1.82) is 0 Å². The van der Waals surface area contributed by atoms with Crippen LogP contribution in [-0.2, 0) is 67.4 Å². The van der Waals surface area contributed by atoms with Crippen LogP contribution in [0, 0.1) is 0 Å². The molecule has 4 amide bonds. The van der Waals surface area contributed by atoms with Gasteiger partial charge in [0.05, 0.1) is 51.0 Å². The van der Waals surface area contributed by atoms with Crippen molar-refractivity contribution < 1.29 is 88.7 Å². The fraction of sp³-hybridized carbons (Fsp3) is 0.261. The molecule has 0 spiro atoms. The van der Waals surface area contributed by atoms with Crippen molar-refractivity contribution in [2.75, 3.05) is 23.7 Å². The number of sulfonamides is 2. The van der Waals surface area contributed by atoms with Crippen LogP contribution in [0.3, 0.4) is 0 Å². The van der Waals surface area contributed by atoms with Crippen LogP contribution >= 0.6 is 45.9 Å². The molecular formula is C46H40Cl2F12N10O8S4. The van der Waals surface area contributed by atoms with Crippen molar-refractivity contribution in [3.63, 3.8) is 0 Å². The summed E-state index contributed by atoms with van der Waals surface area (Å²) in [4.78, 5) is 60.2. The average molecular weight is 1290 g/mol. The van der Waals surface area contributed by atoms with Gasteiger partial charge in [0.15, 0.2) is 0 Å². The number of anilines is 2. The second-order valence-corrected chi connectivity index (χ2v) is 23.4. The number of amides is 4. The van der Waals surface area contributed by atoms with E-state index in [4.69, 9.17) is 23.2 Å². The topological polar surface area (TPSA) is 259 Å². The number of carbonyl (C=O) groups excluding carboxylic acids is 4. The van der Waals surface area contributed by atoms with Crippen molar-refractivity contribution in [3.05, 3.63) is 151 Å². The standard InChI is InChI=1S/2C23H20ClF6N5O4S2/c24-17-10-15(23(28,29)30)11-32-20(17)31-8-2-5-18(36)34-35-41(38,39)19-7-6-16(40-19)12-33-21(37)13-3-1-4-14(9-13)22(25,26)27;24-17-10-13(22(25,26)27)11-32-20(17)31-9-3-6-18(36)34-35-41(38,39)19-8-7-14(40-19)12-33-21(37)15-4-1-2-5-16(15)23(28,29)30/h1,3-4,6-7,9-11,35H,2,5,8,12H2,(H,31,32)(H,33,37)(H,34,36);1-2,4-5,7-8,10-11,35H,3,6,9,12H2,(H,31,32)(H,33,37)(H,34,36). The number of alkyl halides is 12. The second-order valence-electron chi connectivity index (χ2n) is 16.4. The zero-order valence-electron chi connectivity index (χ0n) is 41.0. The average Bonchev–Trinajstić information content (AvgIpc) is 4.19. The van der Waals surface area contributed by atoms with Crippen LogP contribution < -0.4 is 41.8 Å². The SMILES string of the molecule is O=C(CCCNc1ncc(C(F)(F)F)cc1Cl)NNS(=O)(=O)c1ccc(CNC(=O)c2cccc(C(F)(F)F)c2)s1.O=C(CCCNc1ncc(C(F)(F)F)cc1Cl)NNS(=O)(=O)c1ccc(CNC(=O)c2ccccc2C(F)(F)F)s1. The van der Waals surface area contributed by atoms with Gasteiger partial charge in [-0.3, -0.25) is 30.0 Å². The highest BCUT2D eigenvalue weighted by Gasteiger charge is 2.36. The van der Waals surface area contributed by atoms with Crippen molar-refractivity contribution in [3.8, 4) is 0 Å². The number of nitrogens with zero attached hydrogens (tertiary/aromatic N) is 2. The zero-order valence-corrected chi connectivity index (χ0v) is 45.8. The molecule has 6 aromatic rings. The third-order valence-corrected chi connectivity index (χ3v) is 16.5. The number of pyridine rings is 2. The smallest absolute Gasteiger partial charge is 0.369 e. The Morgan fingerprint density at radius 1 is 0.512 bits per heavy atom. The van der Waals surface area contributed by atoms with Gasteiger partial charge in [-0.25, -0.2) is 26.8 Å². The molecule has 36 heteroatoms. The number of benzene rings is 2. The summed E-state index contributed by atoms with van der Waals surface area (Å²) >= 11 is 13.0. The summed E-state index contributed by atoms with van der Waals surface area (Å²) in [5.41, 5.74) is -0.888. The first-order valence-corrected chi connectivity index (χ1v) is 28.1. The first-order valence-electron chi connectivity index (χ1n) is 22.8. The molecule has 8 N–H and O–H groups in total. The molecule has 4 heterocycles. The molecule has 0 aliphatic carbocycles. The number of hydrogen-bond acceptors (Lipinski definition) is 14. The summed E-state index contributed by atoms with van der Waals surface area (Å²) < 4.78 is 203. The Morgan fingerprint density at radius 2 is 0.951 bits per heavy atom. The van der Waals surface area contributed by atoms with Gasteiger partial charge in [-0.1, -0.05) is 41.4 Å². The maximum atomic E-state index is 13.1. The van der Waals surface area contributed by atoms with Gasteiger partial charge in [0.1, 0.15) is 20.1 Å². The molecule has 0 unspecified atom stereocenters. The van der Waals surface area contributed by atoms with Gasteiger partial charge in [0.25, 0.3) is 31.9 Å². The van der Waals surface area contributed by atoms with Crippen LogP contribution in [0.1, 0.15) is 78.4 Å². The van der Waals surface area contributed by atoms with Gasteiger partial charge in [-0.15, -0.1) is 32.3 Å². The van der Waals surface area contributed by atoms with Gasteiger partial charge in [0, 0.05) is 53.6 Å². The Balaban J connectivity index is 0.000000301. The van der Waals surface area contributed by atoms with E-state index >= 15 is 0 Å². The highest BCUT2D eigenvalue weighted by atomic mass is 35.5. The largest absolute Gasteiger partial charge is 0.417 e. The Bertz CT molecular complexity index is 3480. The molecule has 0 aliphatic heterocycles. The molecule has 0 fully saturated rings. The maximum Gasteiger partial charge on any atom is 0.417 e. The van der Waals surface area contributed by atoms with Crippen LogP contribution in [0.5, 0.6) is 0 Å². The van der Waals surface area contributed by atoms with Crippen molar-refractivity contribution in [2.45, 2.75) is 71.9 Å². The van der Waals surface area contributed by atoms with Crippen LogP contribution in [0.15, 0.2) is 106 Å².